The highest BCUT2D eigenvalue weighted by Gasteiger charge is 2.63. The molecule has 3 heteroatoms. The zero-order valence-electron chi connectivity index (χ0n) is 11.9. The van der Waals surface area contributed by atoms with Gasteiger partial charge in [-0.05, 0) is 85.9 Å². The van der Waals surface area contributed by atoms with Crippen molar-refractivity contribution >= 4 is 0 Å². The smallest absolute Gasteiger partial charge is 0.119 e. The lowest BCUT2D eigenvalue weighted by molar-refractivity contribution is -0.202. The van der Waals surface area contributed by atoms with E-state index in [9.17, 15) is 0 Å². The minimum absolute atomic E-state index is 1.19. The quantitative estimate of drug-likeness (QED) is 0.726. The largest absolute Gasteiger partial charge is 0.225 e. The maximum atomic E-state index is 3.56. The van der Waals surface area contributed by atoms with Gasteiger partial charge in [-0.25, -0.2) is 15.0 Å². The molecule has 7 fully saturated rings. The SMILES string of the molecule is C1C2CC3C4CC5CC(C14)C(C2)C3C5.c1ncncn1. The Morgan fingerprint density at radius 2 is 0.700 bits per heavy atom. The molecule has 7 aliphatic carbocycles. The fourth-order valence-electron chi connectivity index (χ4n) is 7.09. The summed E-state index contributed by atoms with van der Waals surface area (Å²) in [6, 6.07) is 0. The Balaban J connectivity index is 0.000000137. The Kier molecular flexibility index (Phi) is 2.48. The lowest BCUT2D eigenvalue weighted by Crippen LogP contribution is -2.62. The van der Waals surface area contributed by atoms with Crippen molar-refractivity contribution < 1.29 is 0 Å². The predicted octanol–water partition coefficient (Wildman–Crippen LogP) is 3.20. The zero-order valence-corrected chi connectivity index (χ0v) is 11.9. The van der Waals surface area contributed by atoms with Gasteiger partial charge in [-0.2, -0.15) is 0 Å². The molecule has 0 atom stereocenters. The number of aromatic nitrogens is 3. The van der Waals surface area contributed by atoms with Gasteiger partial charge in [-0.1, -0.05) is 0 Å². The predicted molar refractivity (Wildman–Crippen MR) is 75.4 cm³/mol. The normalized spacial score (nSPS) is 52.8. The van der Waals surface area contributed by atoms with E-state index in [2.05, 4.69) is 15.0 Å². The molecule has 7 saturated carbocycles. The van der Waals surface area contributed by atoms with Crippen LogP contribution in [0.15, 0.2) is 19.0 Å². The Labute approximate surface area is 120 Å². The second kappa shape index (κ2) is 4.25. The van der Waals surface area contributed by atoms with Crippen LogP contribution in [-0.4, -0.2) is 15.0 Å². The van der Waals surface area contributed by atoms with Gasteiger partial charge >= 0.3 is 0 Å². The van der Waals surface area contributed by atoms with Crippen molar-refractivity contribution in [1.82, 2.24) is 15.0 Å². The van der Waals surface area contributed by atoms with Gasteiger partial charge in [0.05, 0.1) is 0 Å². The van der Waals surface area contributed by atoms with Crippen LogP contribution in [0, 0.1) is 47.3 Å². The van der Waals surface area contributed by atoms with Crippen molar-refractivity contribution in [2.24, 2.45) is 47.3 Å². The summed E-state index contributed by atoms with van der Waals surface area (Å²) in [4.78, 5) is 10.7. The van der Waals surface area contributed by atoms with Crippen molar-refractivity contribution in [3.05, 3.63) is 19.0 Å². The lowest BCUT2D eigenvalue weighted by atomic mass is 9.36. The first-order valence-corrected chi connectivity index (χ1v) is 8.45. The first kappa shape index (κ1) is 11.6. The third-order valence-corrected chi connectivity index (χ3v) is 7.33. The summed E-state index contributed by atoms with van der Waals surface area (Å²) in [5, 5.41) is 0. The van der Waals surface area contributed by atoms with E-state index in [1.807, 2.05) is 0 Å². The molecule has 1 aromatic heterocycles. The molecule has 0 saturated heterocycles. The Hall–Kier alpha value is -0.990. The van der Waals surface area contributed by atoms with Crippen LogP contribution in [0.2, 0.25) is 0 Å². The molecule has 1 aromatic rings. The second-order valence-electron chi connectivity index (χ2n) is 7.92. The minimum Gasteiger partial charge on any atom is -0.225 e. The maximum absolute atomic E-state index is 3.56. The molecule has 0 amide bonds. The summed E-state index contributed by atoms with van der Waals surface area (Å²) in [6.07, 6.45) is 14.2. The van der Waals surface area contributed by atoms with E-state index in [0.29, 0.717) is 0 Å². The molecule has 8 rings (SSSR count). The number of hydrogen-bond acceptors (Lipinski definition) is 3. The molecule has 106 valence electrons. The van der Waals surface area contributed by atoms with Gasteiger partial charge in [0.1, 0.15) is 19.0 Å². The van der Waals surface area contributed by atoms with Crippen LogP contribution in [0.25, 0.3) is 0 Å². The van der Waals surface area contributed by atoms with E-state index in [1.165, 1.54) is 66.3 Å². The van der Waals surface area contributed by atoms with Gasteiger partial charge in [0.25, 0.3) is 0 Å². The highest BCUT2D eigenvalue weighted by molar-refractivity contribution is 5.12. The number of hydrogen-bond donors (Lipinski definition) is 0. The van der Waals surface area contributed by atoms with Crippen LogP contribution in [0.3, 0.4) is 0 Å². The highest BCUT2D eigenvalue weighted by Crippen LogP contribution is 2.71. The second-order valence-corrected chi connectivity index (χ2v) is 7.92. The molecule has 0 spiro atoms. The highest BCUT2D eigenvalue weighted by atomic mass is 14.9. The summed E-state index contributed by atoms with van der Waals surface area (Å²) in [7, 11) is 0. The molecule has 3 nitrogen and oxygen atoms in total. The first-order chi connectivity index (χ1) is 9.90. The molecule has 1 heterocycles. The van der Waals surface area contributed by atoms with Crippen LogP contribution in [0.4, 0.5) is 0 Å². The monoisotopic (exact) mass is 269 g/mol. The van der Waals surface area contributed by atoms with Gasteiger partial charge in [0, 0.05) is 0 Å². The molecule has 0 radical (unpaired) electrons. The molecule has 0 N–H and O–H groups in total. The topological polar surface area (TPSA) is 38.7 Å². The molecule has 0 unspecified atom stereocenters. The van der Waals surface area contributed by atoms with Gasteiger partial charge < -0.3 is 0 Å². The molecule has 0 aliphatic heterocycles. The summed E-state index contributed by atoms with van der Waals surface area (Å²) in [5.41, 5.74) is 0. The van der Waals surface area contributed by atoms with E-state index < -0.39 is 0 Å². The van der Waals surface area contributed by atoms with Crippen molar-refractivity contribution in [3.8, 4) is 0 Å². The maximum Gasteiger partial charge on any atom is 0.119 e. The molecule has 0 aromatic carbocycles. The average Bonchev–Trinajstić information content (AvgIpc) is 2.54. The van der Waals surface area contributed by atoms with Gasteiger partial charge in [0.15, 0.2) is 0 Å². The fourth-order valence-corrected chi connectivity index (χ4v) is 7.09. The Bertz CT molecular complexity index is 374. The van der Waals surface area contributed by atoms with Crippen LogP contribution >= 0.6 is 0 Å². The fraction of sp³-hybridized carbons (Fsp3) is 0.824. The van der Waals surface area contributed by atoms with E-state index in [4.69, 9.17) is 0 Å². The summed E-state index contributed by atoms with van der Waals surface area (Å²) >= 11 is 0. The molecule has 8 bridgehead atoms. The van der Waals surface area contributed by atoms with Crippen molar-refractivity contribution in [1.29, 1.82) is 0 Å². The summed E-state index contributed by atoms with van der Waals surface area (Å²) in [6.45, 7) is 0. The van der Waals surface area contributed by atoms with Crippen LogP contribution in [-0.2, 0) is 0 Å². The third-order valence-electron chi connectivity index (χ3n) is 7.33. The minimum atomic E-state index is 1.19. The molecule has 7 aliphatic rings. The average molecular weight is 269 g/mol. The Morgan fingerprint density at radius 3 is 0.900 bits per heavy atom. The van der Waals surface area contributed by atoms with Gasteiger partial charge in [-0.15, -0.1) is 0 Å². The summed E-state index contributed by atoms with van der Waals surface area (Å²) in [5.74, 6) is 9.74. The Morgan fingerprint density at radius 1 is 0.450 bits per heavy atom. The van der Waals surface area contributed by atoms with E-state index in [-0.39, 0.29) is 0 Å². The van der Waals surface area contributed by atoms with Crippen LogP contribution in [0.1, 0.15) is 38.5 Å². The van der Waals surface area contributed by atoms with Crippen molar-refractivity contribution in [2.45, 2.75) is 38.5 Å². The number of rotatable bonds is 0. The molecular weight excluding hydrogens is 246 g/mol. The van der Waals surface area contributed by atoms with E-state index in [0.717, 1.165) is 0 Å². The van der Waals surface area contributed by atoms with Gasteiger partial charge in [0.2, 0.25) is 0 Å². The number of nitrogens with zero attached hydrogens (tertiary/aromatic N) is 3. The zero-order chi connectivity index (χ0) is 13.1. The first-order valence-electron chi connectivity index (χ1n) is 8.45. The molecular formula is C17H23N3. The molecule has 20 heavy (non-hydrogen) atoms. The standard InChI is InChI=1S/C14H20.C3H3N3/c1-7-2-12-10-4-8-5-11(9(1)10)13(3-7)14(12)6-8;1-4-2-6-3-5-1/h7-14H,1-6H2;1-3H. The van der Waals surface area contributed by atoms with Crippen LogP contribution < -0.4 is 0 Å². The van der Waals surface area contributed by atoms with Crippen molar-refractivity contribution in [3.63, 3.8) is 0 Å². The van der Waals surface area contributed by atoms with Crippen LogP contribution in [0.5, 0.6) is 0 Å². The third kappa shape index (κ3) is 1.55. The van der Waals surface area contributed by atoms with Gasteiger partial charge in [-0.3, -0.25) is 0 Å². The van der Waals surface area contributed by atoms with Crippen molar-refractivity contribution in [2.75, 3.05) is 0 Å². The van der Waals surface area contributed by atoms with E-state index >= 15 is 0 Å². The summed E-state index contributed by atoms with van der Waals surface area (Å²) < 4.78 is 0. The lowest BCUT2D eigenvalue weighted by Gasteiger charge is -2.69. The van der Waals surface area contributed by atoms with E-state index in [1.54, 1.807) is 38.5 Å².